The fourth-order valence-electron chi connectivity index (χ4n) is 2.76. The molecule has 1 aromatic heterocycles. The Labute approximate surface area is 125 Å². The molecule has 1 aromatic rings. The third kappa shape index (κ3) is 3.53. The first-order valence-electron chi connectivity index (χ1n) is 7.09. The van der Waals surface area contributed by atoms with Gasteiger partial charge in [-0.25, -0.2) is 8.42 Å². The smallest absolute Gasteiger partial charge is 0.151 e. The quantitative estimate of drug-likeness (QED) is 0.827. The summed E-state index contributed by atoms with van der Waals surface area (Å²) >= 11 is 0. The van der Waals surface area contributed by atoms with Crippen LogP contribution in [0.15, 0.2) is 6.20 Å². The van der Waals surface area contributed by atoms with Crippen molar-refractivity contribution in [3.63, 3.8) is 0 Å². The number of aliphatic hydroxyl groups is 1. The zero-order valence-corrected chi connectivity index (χ0v) is 13.2. The van der Waals surface area contributed by atoms with E-state index in [1.54, 1.807) is 13.1 Å². The molecular weight excluding hydrogens is 292 g/mol. The van der Waals surface area contributed by atoms with E-state index in [1.165, 1.54) is 0 Å². The van der Waals surface area contributed by atoms with E-state index in [0.29, 0.717) is 36.3 Å². The normalized spacial score (nSPS) is 21.0. The number of rotatable bonds is 5. The lowest BCUT2D eigenvalue weighted by molar-refractivity contribution is 0.208. The predicted molar refractivity (Wildman–Crippen MR) is 79.7 cm³/mol. The average Bonchev–Trinajstić information content (AvgIpc) is 2.80. The van der Waals surface area contributed by atoms with Gasteiger partial charge in [0.1, 0.15) is 5.75 Å². The third-order valence-electron chi connectivity index (χ3n) is 4.09. The second-order valence-corrected chi connectivity index (χ2v) is 7.70. The van der Waals surface area contributed by atoms with Crippen molar-refractivity contribution in [3.8, 4) is 5.75 Å². The molecule has 118 valence electrons. The summed E-state index contributed by atoms with van der Waals surface area (Å²) in [5.41, 5.74) is 1.73. The van der Waals surface area contributed by atoms with Gasteiger partial charge in [-0.05, 0) is 19.9 Å². The first-order chi connectivity index (χ1) is 9.88. The van der Waals surface area contributed by atoms with E-state index < -0.39 is 9.84 Å². The molecule has 1 atom stereocenters. The van der Waals surface area contributed by atoms with Gasteiger partial charge in [-0.3, -0.25) is 9.88 Å². The minimum absolute atomic E-state index is 0.0283. The Morgan fingerprint density at radius 3 is 2.71 bits per heavy atom. The molecule has 0 spiro atoms. The SMILES string of the molecule is CCN(Cc1c(CO)cnc(C)c1O)[C@@H]1CCS(=O)(=O)C1. The molecule has 0 saturated carbocycles. The molecule has 7 heteroatoms. The van der Waals surface area contributed by atoms with Crippen molar-refractivity contribution in [1.29, 1.82) is 0 Å². The maximum Gasteiger partial charge on any atom is 0.151 e. The molecule has 0 amide bonds. The molecule has 21 heavy (non-hydrogen) atoms. The Hall–Kier alpha value is -1.18. The third-order valence-corrected chi connectivity index (χ3v) is 5.84. The van der Waals surface area contributed by atoms with Gasteiger partial charge in [0.15, 0.2) is 9.84 Å². The summed E-state index contributed by atoms with van der Waals surface area (Å²) in [5, 5.41) is 19.6. The molecule has 1 aliphatic rings. The van der Waals surface area contributed by atoms with Crippen LogP contribution in [0.3, 0.4) is 0 Å². The van der Waals surface area contributed by atoms with Gasteiger partial charge in [0.25, 0.3) is 0 Å². The first-order valence-corrected chi connectivity index (χ1v) is 8.91. The lowest BCUT2D eigenvalue weighted by Crippen LogP contribution is -2.35. The lowest BCUT2D eigenvalue weighted by Gasteiger charge is -2.27. The molecule has 0 unspecified atom stereocenters. The lowest BCUT2D eigenvalue weighted by atomic mass is 10.1. The van der Waals surface area contributed by atoms with Crippen LogP contribution in [0.2, 0.25) is 0 Å². The molecule has 0 aromatic carbocycles. The second kappa shape index (κ2) is 6.29. The van der Waals surface area contributed by atoms with E-state index in [9.17, 15) is 18.6 Å². The summed E-state index contributed by atoms with van der Waals surface area (Å²) in [7, 11) is -2.94. The topological polar surface area (TPSA) is 90.7 Å². The van der Waals surface area contributed by atoms with Crippen molar-refractivity contribution in [3.05, 3.63) is 23.0 Å². The molecular formula is C14H22N2O4S. The van der Waals surface area contributed by atoms with Gasteiger partial charge < -0.3 is 10.2 Å². The number of nitrogens with zero attached hydrogens (tertiary/aromatic N) is 2. The largest absolute Gasteiger partial charge is 0.506 e. The number of aromatic nitrogens is 1. The van der Waals surface area contributed by atoms with E-state index in [0.717, 1.165) is 0 Å². The first kappa shape index (κ1) is 16.2. The summed E-state index contributed by atoms with van der Waals surface area (Å²) in [6.45, 7) is 4.58. The molecule has 6 nitrogen and oxygen atoms in total. The minimum atomic E-state index is -2.94. The number of aromatic hydroxyl groups is 1. The minimum Gasteiger partial charge on any atom is -0.506 e. The highest BCUT2D eigenvalue weighted by molar-refractivity contribution is 7.91. The van der Waals surface area contributed by atoms with Crippen LogP contribution < -0.4 is 0 Å². The Balaban J connectivity index is 2.25. The Bertz CT molecular complexity index is 616. The maximum atomic E-state index is 11.6. The van der Waals surface area contributed by atoms with Crippen molar-refractivity contribution >= 4 is 9.84 Å². The number of hydrogen-bond acceptors (Lipinski definition) is 6. The van der Waals surface area contributed by atoms with Crippen LogP contribution in [0.1, 0.15) is 30.2 Å². The van der Waals surface area contributed by atoms with E-state index in [4.69, 9.17) is 0 Å². The van der Waals surface area contributed by atoms with Crippen molar-refractivity contribution in [2.45, 2.75) is 39.5 Å². The zero-order valence-electron chi connectivity index (χ0n) is 12.4. The van der Waals surface area contributed by atoms with Gasteiger partial charge in [-0.2, -0.15) is 0 Å². The molecule has 0 aliphatic carbocycles. The van der Waals surface area contributed by atoms with E-state index in [2.05, 4.69) is 4.98 Å². The van der Waals surface area contributed by atoms with Crippen LogP contribution in [0.5, 0.6) is 5.75 Å². The number of aryl methyl sites for hydroxylation is 1. The summed E-state index contributed by atoms with van der Waals surface area (Å²) in [6.07, 6.45) is 2.18. The molecule has 2 rings (SSSR count). The molecule has 1 fully saturated rings. The fraction of sp³-hybridized carbons (Fsp3) is 0.643. The van der Waals surface area contributed by atoms with Gasteiger partial charge >= 0.3 is 0 Å². The van der Waals surface area contributed by atoms with Crippen LogP contribution in [-0.2, 0) is 23.0 Å². The summed E-state index contributed by atoms with van der Waals surface area (Å²) in [5.74, 6) is 0.475. The Morgan fingerprint density at radius 2 is 2.19 bits per heavy atom. The number of sulfone groups is 1. The highest BCUT2D eigenvalue weighted by Gasteiger charge is 2.32. The van der Waals surface area contributed by atoms with Gasteiger partial charge in [0.05, 0.1) is 23.8 Å². The summed E-state index contributed by atoms with van der Waals surface area (Å²) in [4.78, 5) is 6.08. The second-order valence-electron chi connectivity index (χ2n) is 5.47. The van der Waals surface area contributed by atoms with Crippen LogP contribution >= 0.6 is 0 Å². The van der Waals surface area contributed by atoms with Gasteiger partial charge in [0.2, 0.25) is 0 Å². The predicted octanol–water partition coefficient (Wildman–Crippen LogP) is 0.597. The van der Waals surface area contributed by atoms with E-state index in [1.807, 2.05) is 11.8 Å². The number of aliphatic hydroxyl groups excluding tert-OH is 1. The van der Waals surface area contributed by atoms with E-state index >= 15 is 0 Å². The summed E-state index contributed by atoms with van der Waals surface area (Å²) in [6, 6.07) is -0.0283. The van der Waals surface area contributed by atoms with Crippen LogP contribution in [0.25, 0.3) is 0 Å². The van der Waals surface area contributed by atoms with Crippen molar-refractivity contribution in [2.24, 2.45) is 0 Å². The average molecular weight is 314 g/mol. The Morgan fingerprint density at radius 1 is 1.48 bits per heavy atom. The van der Waals surface area contributed by atoms with Gasteiger partial charge in [-0.1, -0.05) is 6.92 Å². The molecule has 1 saturated heterocycles. The molecule has 0 bridgehead atoms. The Kier molecular flexibility index (Phi) is 4.85. The molecule has 0 radical (unpaired) electrons. The highest BCUT2D eigenvalue weighted by Crippen LogP contribution is 2.27. The zero-order chi connectivity index (χ0) is 15.6. The van der Waals surface area contributed by atoms with Crippen LogP contribution in [-0.4, -0.2) is 52.6 Å². The van der Waals surface area contributed by atoms with Crippen molar-refractivity contribution in [2.75, 3.05) is 18.1 Å². The molecule has 2 heterocycles. The van der Waals surface area contributed by atoms with Gasteiger partial charge in [0, 0.05) is 29.9 Å². The van der Waals surface area contributed by atoms with Crippen molar-refractivity contribution in [1.82, 2.24) is 9.88 Å². The van der Waals surface area contributed by atoms with Crippen molar-refractivity contribution < 1.29 is 18.6 Å². The van der Waals surface area contributed by atoms with Crippen LogP contribution in [0.4, 0.5) is 0 Å². The summed E-state index contributed by atoms with van der Waals surface area (Å²) < 4.78 is 23.3. The monoisotopic (exact) mass is 314 g/mol. The highest BCUT2D eigenvalue weighted by atomic mass is 32.2. The van der Waals surface area contributed by atoms with E-state index in [-0.39, 0.29) is 29.9 Å². The maximum absolute atomic E-state index is 11.6. The number of pyridine rings is 1. The van der Waals surface area contributed by atoms with Crippen LogP contribution in [0, 0.1) is 6.92 Å². The van der Waals surface area contributed by atoms with Gasteiger partial charge in [-0.15, -0.1) is 0 Å². The standard InChI is InChI=1S/C14H22N2O4S/c1-3-16(12-4-5-21(19,20)9-12)7-13-11(8-17)6-15-10(2)14(13)18/h6,12,17-18H,3-5,7-9H2,1-2H3/t12-/m1/s1. The molecule has 1 aliphatic heterocycles. The molecule has 2 N–H and O–H groups in total. The fourth-order valence-corrected chi connectivity index (χ4v) is 4.52. The number of hydrogen-bond donors (Lipinski definition) is 2.